The molecule has 0 saturated carbocycles. The summed E-state index contributed by atoms with van der Waals surface area (Å²) >= 11 is 9.10. The number of nitrogens with one attached hydrogen (secondary N) is 1. The lowest BCUT2D eigenvalue weighted by molar-refractivity contribution is -0.121. The van der Waals surface area contributed by atoms with Crippen molar-refractivity contribution in [2.45, 2.75) is 20.0 Å². The van der Waals surface area contributed by atoms with Gasteiger partial charge >= 0.3 is 0 Å². The van der Waals surface area contributed by atoms with Gasteiger partial charge in [0.2, 0.25) is 5.91 Å². The van der Waals surface area contributed by atoms with Gasteiger partial charge in [0.1, 0.15) is 6.61 Å². The normalized spacial score (nSPS) is 10.6. The molecule has 0 radical (unpaired) electrons. The number of anilines is 1. The molecule has 16 heavy (non-hydrogen) atoms. The number of halogens is 2. The predicted molar refractivity (Wildman–Crippen MR) is 68.9 cm³/mol. The van der Waals surface area contributed by atoms with Gasteiger partial charge in [-0.3, -0.25) is 4.79 Å². The highest BCUT2D eigenvalue weighted by Crippen LogP contribution is 2.25. The zero-order chi connectivity index (χ0) is 12.1. The third-order valence-corrected chi connectivity index (χ3v) is 2.64. The molecule has 88 valence electrons. The molecule has 1 rings (SSSR count). The Bertz CT molecular complexity index is 382. The van der Waals surface area contributed by atoms with E-state index in [1.54, 1.807) is 18.2 Å². The molecular formula is C11H13BrClNO2. The van der Waals surface area contributed by atoms with E-state index in [0.717, 1.165) is 4.47 Å². The molecule has 1 N–H and O–H groups in total. The van der Waals surface area contributed by atoms with Crippen molar-refractivity contribution >= 4 is 39.1 Å². The Morgan fingerprint density at radius 2 is 2.25 bits per heavy atom. The number of hydrogen-bond acceptors (Lipinski definition) is 2. The van der Waals surface area contributed by atoms with Crippen LogP contribution in [0, 0.1) is 0 Å². The number of hydrogen-bond donors (Lipinski definition) is 1. The Labute approximate surface area is 108 Å². The highest BCUT2D eigenvalue weighted by molar-refractivity contribution is 9.10. The van der Waals surface area contributed by atoms with Crippen molar-refractivity contribution in [3.63, 3.8) is 0 Å². The molecule has 5 heteroatoms. The first-order chi connectivity index (χ1) is 7.49. The molecule has 0 aliphatic carbocycles. The fraction of sp³-hybridized carbons (Fsp3) is 0.364. The van der Waals surface area contributed by atoms with Crippen LogP contribution in [0.1, 0.15) is 13.8 Å². The largest absolute Gasteiger partial charge is 0.369 e. The minimum Gasteiger partial charge on any atom is -0.369 e. The van der Waals surface area contributed by atoms with Crippen LogP contribution >= 0.6 is 27.5 Å². The Morgan fingerprint density at radius 1 is 1.56 bits per heavy atom. The lowest BCUT2D eigenvalue weighted by Gasteiger charge is -2.09. The fourth-order valence-electron chi connectivity index (χ4n) is 1.02. The molecule has 0 aromatic heterocycles. The summed E-state index contributed by atoms with van der Waals surface area (Å²) < 4.78 is 5.93. The Balaban J connectivity index is 2.56. The van der Waals surface area contributed by atoms with E-state index in [-0.39, 0.29) is 18.6 Å². The van der Waals surface area contributed by atoms with E-state index in [1.165, 1.54) is 0 Å². The summed E-state index contributed by atoms with van der Waals surface area (Å²) in [6.45, 7) is 3.81. The summed E-state index contributed by atoms with van der Waals surface area (Å²) in [7, 11) is 0. The Kier molecular flexibility index (Phi) is 5.25. The van der Waals surface area contributed by atoms with Gasteiger partial charge in [0, 0.05) is 9.50 Å². The quantitative estimate of drug-likeness (QED) is 0.925. The predicted octanol–water partition coefficient (Wildman–Crippen LogP) is 3.47. The molecular weight excluding hydrogens is 293 g/mol. The maximum Gasteiger partial charge on any atom is 0.250 e. The van der Waals surface area contributed by atoms with Crippen LogP contribution in [-0.2, 0) is 9.53 Å². The van der Waals surface area contributed by atoms with Crippen molar-refractivity contribution in [2.75, 3.05) is 11.9 Å². The minimum absolute atomic E-state index is 0.0411. The summed E-state index contributed by atoms with van der Waals surface area (Å²) in [6.07, 6.45) is 0.0411. The van der Waals surface area contributed by atoms with Crippen molar-refractivity contribution in [3.8, 4) is 0 Å². The van der Waals surface area contributed by atoms with Gasteiger partial charge in [-0.2, -0.15) is 0 Å². The van der Waals surface area contributed by atoms with Crippen LogP contribution in [-0.4, -0.2) is 18.6 Å². The molecule has 0 unspecified atom stereocenters. The van der Waals surface area contributed by atoms with Gasteiger partial charge in [-0.05, 0) is 48.0 Å². The summed E-state index contributed by atoms with van der Waals surface area (Å²) in [5.41, 5.74) is 0.682. The molecule has 1 amide bonds. The van der Waals surface area contributed by atoms with Gasteiger partial charge in [0.15, 0.2) is 0 Å². The van der Waals surface area contributed by atoms with E-state index in [2.05, 4.69) is 21.2 Å². The number of carbonyl (C=O) groups is 1. The Hall–Kier alpha value is -0.580. The highest BCUT2D eigenvalue weighted by atomic mass is 79.9. The Morgan fingerprint density at radius 3 is 2.81 bits per heavy atom. The van der Waals surface area contributed by atoms with Crippen LogP contribution in [0.15, 0.2) is 22.7 Å². The van der Waals surface area contributed by atoms with E-state index < -0.39 is 0 Å². The van der Waals surface area contributed by atoms with Crippen LogP contribution in [0.3, 0.4) is 0 Å². The topological polar surface area (TPSA) is 38.3 Å². The molecule has 1 aromatic rings. The van der Waals surface area contributed by atoms with E-state index in [4.69, 9.17) is 16.3 Å². The van der Waals surface area contributed by atoms with E-state index in [0.29, 0.717) is 10.7 Å². The van der Waals surface area contributed by atoms with Gasteiger partial charge in [-0.1, -0.05) is 11.6 Å². The first-order valence-corrected chi connectivity index (χ1v) is 6.02. The van der Waals surface area contributed by atoms with Crippen molar-refractivity contribution in [3.05, 3.63) is 27.7 Å². The molecule has 0 aliphatic rings. The molecule has 0 atom stereocenters. The first kappa shape index (κ1) is 13.5. The van der Waals surface area contributed by atoms with E-state index in [1.807, 2.05) is 13.8 Å². The smallest absolute Gasteiger partial charge is 0.250 e. The van der Waals surface area contributed by atoms with Crippen molar-refractivity contribution < 1.29 is 9.53 Å². The van der Waals surface area contributed by atoms with Crippen LogP contribution in [0.4, 0.5) is 5.69 Å². The van der Waals surface area contributed by atoms with Gasteiger partial charge in [-0.15, -0.1) is 0 Å². The van der Waals surface area contributed by atoms with Gasteiger partial charge in [0.25, 0.3) is 0 Å². The van der Waals surface area contributed by atoms with Gasteiger partial charge < -0.3 is 10.1 Å². The molecule has 0 aliphatic heterocycles. The number of amides is 1. The molecule has 0 heterocycles. The monoisotopic (exact) mass is 305 g/mol. The first-order valence-electron chi connectivity index (χ1n) is 4.85. The molecule has 3 nitrogen and oxygen atoms in total. The van der Waals surface area contributed by atoms with E-state index >= 15 is 0 Å². The molecule has 1 aromatic carbocycles. The maximum atomic E-state index is 11.5. The highest BCUT2D eigenvalue weighted by Gasteiger charge is 2.06. The van der Waals surface area contributed by atoms with Crippen molar-refractivity contribution in [1.29, 1.82) is 0 Å². The van der Waals surface area contributed by atoms with E-state index in [9.17, 15) is 4.79 Å². The lowest BCUT2D eigenvalue weighted by atomic mass is 10.3. The lowest BCUT2D eigenvalue weighted by Crippen LogP contribution is -2.20. The number of benzene rings is 1. The minimum atomic E-state index is -0.184. The third kappa shape index (κ3) is 4.51. The second-order valence-corrected chi connectivity index (χ2v) is 4.82. The molecule has 0 saturated heterocycles. The zero-order valence-corrected chi connectivity index (χ0v) is 11.4. The average Bonchev–Trinajstić information content (AvgIpc) is 2.19. The summed E-state index contributed by atoms with van der Waals surface area (Å²) in [5.74, 6) is -0.184. The third-order valence-electron chi connectivity index (χ3n) is 1.75. The number of carbonyl (C=O) groups excluding carboxylic acids is 1. The number of rotatable bonds is 4. The van der Waals surface area contributed by atoms with Crippen molar-refractivity contribution in [1.82, 2.24) is 0 Å². The molecule has 0 fully saturated rings. The van der Waals surface area contributed by atoms with Crippen LogP contribution in [0.25, 0.3) is 0 Å². The second kappa shape index (κ2) is 6.23. The zero-order valence-electron chi connectivity index (χ0n) is 9.09. The standard InChI is InChI=1S/C11H13BrClNO2/c1-7(2)16-6-11(15)14-10-4-3-8(13)5-9(10)12/h3-5,7H,6H2,1-2H3,(H,14,15). The van der Waals surface area contributed by atoms with Crippen LogP contribution < -0.4 is 5.32 Å². The SMILES string of the molecule is CC(C)OCC(=O)Nc1ccc(Cl)cc1Br. The van der Waals surface area contributed by atoms with Gasteiger partial charge in [0.05, 0.1) is 11.8 Å². The number of ether oxygens (including phenoxy) is 1. The fourth-order valence-corrected chi connectivity index (χ4v) is 1.80. The maximum absolute atomic E-state index is 11.5. The van der Waals surface area contributed by atoms with Crippen LogP contribution in [0.2, 0.25) is 5.02 Å². The summed E-state index contributed by atoms with van der Waals surface area (Å²) in [4.78, 5) is 11.5. The summed E-state index contributed by atoms with van der Waals surface area (Å²) in [6, 6.07) is 5.17. The average molecular weight is 307 g/mol. The molecule has 0 spiro atoms. The molecule has 0 bridgehead atoms. The second-order valence-electron chi connectivity index (χ2n) is 3.53. The van der Waals surface area contributed by atoms with Gasteiger partial charge in [-0.25, -0.2) is 0 Å². The van der Waals surface area contributed by atoms with Crippen LogP contribution in [0.5, 0.6) is 0 Å². The van der Waals surface area contributed by atoms with Crippen molar-refractivity contribution in [2.24, 2.45) is 0 Å². The summed E-state index contributed by atoms with van der Waals surface area (Å²) in [5, 5.41) is 3.34.